The summed E-state index contributed by atoms with van der Waals surface area (Å²) >= 11 is 3.16. The summed E-state index contributed by atoms with van der Waals surface area (Å²) in [6.07, 6.45) is 0.455. The van der Waals surface area contributed by atoms with Gasteiger partial charge in [0.2, 0.25) is 5.91 Å². The number of hydrazine groups is 1. The molecule has 0 aliphatic carbocycles. The van der Waals surface area contributed by atoms with E-state index in [0.717, 1.165) is 0 Å². The van der Waals surface area contributed by atoms with E-state index in [4.69, 9.17) is 10.6 Å². The van der Waals surface area contributed by atoms with Gasteiger partial charge >= 0.3 is 0 Å². The fourth-order valence-corrected chi connectivity index (χ4v) is 1.59. The molecule has 0 saturated heterocycles. The lowest BCUT2D eigenvalue weighted by Gasteiger charge is -2.14. The number of amides is 1. The van der Waals surface area contributed by atoms with Gasteiger partial charge < -0.3 is 4.74 Å². The molecule has 94 valence electrons. The number of carbonyl (C=O) groups excluding carboxylic acids is 1. The number of nitrogens with two attached hydrogens (primary N) is 1. The van der Waals surface area contributed by atoms with Gasteiger partial charge in [-0.2, -0.15) is 0 Å². The quantitative estimate of drug-likeness (QED) is 0.497. The largest absolute Gasteiger partial charge is 0.488 e. The lowest BCUT2D eigenvalue weighted by atomic mass is 10.2. The van der Waals surface area contributed by atoms with Crippen molar-refractivity contribution in [3.05, 3.63) is 28.5 Å². The molecule has 1 aromatic rings. The van der Waals surface area contributed by atoms with E-state index in [-0.39, 0.29) is 24.2 Å². The van der Waals surface area contributed by atoms with Crippen molar-refractivity contribution < 1.29 is 13.9 Å². The van der Waals surface area contributed by atoms with Crippen molar-refractivity contribution in [2.75, 3.05) is 0 Å². The molecule has 3 N–H and O–H groups in total. The first-order valence-electron chi connectivity index (χ1n) is 5.14. The summed E-state index contributed by atoms with van der Waals surface area (Å²) in [5, 5.41) is 0. The first-order chi connectivity index (χ1) is 8.02. The van der Waals surface area contributed by atoms with E-state index in [1.165, 1.54) is 6.07 Å². The summed E-state index contributed by atoms with van der Waals surface area (Å²) in [6.45, 7) is 1.77. The molecule has 0 radical (unpaired) electrons. The number of rotatable bonds is 5. The highest BCUT2D eigenvalue weighted by atomic mass is 79.9. The summed E-state index contributed by atoms with van der Waals surface area (Å²) in [5.41, 5.74) is 2.03. The van der Waals surface area contributed by atoms with Crippen molar-refractivity contribution in [2.24, 2.45) is 5.84 Å². The Morgan fingerprint density at radius 1 is 1.65 bits per heavy atom. The van der Waals surface area contributed by atoms with Crippen LogP contribution < -0.4 is 16.0 Å². The molecule has 1 unspecified atom stereocenters. The highest BCUT2D eigenvalue weighted by molar-refractivity contribution is 9.10. The maximum absolute atomic E-state index is 13.4. The van der Waals surface area contributed by atoms with E-state index in [1.54, 1.807) is 19.1 Å². The van der Waals surface area contributed by atoms with Gasteiger partial charge in [-0.1, -0.05) is 15.9 Å². The van der Waals surface area contributed by atoms with E-state index in [2.05, 4.69) is 15.9 Å². The van der Waals surface area contributed by atoms with Crippen molar-refractivity contribution in [3.63, 3.8) is 0 Å². The second kappa shape index (κ2) is 6.56. The lowest BCUT2D eigenvalue weighted by Crippen LogP contribution is -2.30. The summed E-state index contributed by atoms with van der Waals surface area (Å²) in [6, 6.07) is 4.56. The van der Waals surface area contributed by atoms with Crippen molar-refractivity contribution in [1.82, 2.24) is 5.43 Å². The highest BCUT2D eigenvalue weighted by Crippen LogP contribution is 2.23. The molecule has 0 aromatic heterocycles. The topological polar surface area (TPSA) is 64.4 Å². The highest BCUT2D eigenvalue weighted by Gasteiger charge is 2.10. The SMILES string of the molecule is CC(CCC(=O)NN)Oc1ccc(Br)cc1F. The summed E-state index contributed by atoms with van der Waals surface area (Å²) < 4.78 is 19.5. The van der Waals surface area contributed by atoms with Crippen LogP contribution in [0.2, 0.25) is 0 Å². The predicted molar refractivity (Wildman–Crippen MR) is 65.8 cm³/mol. The van der Waals surface area contributed by atoms with Crippen molar-refractivity contribution in [1.29, 1.82) is 0 Å². The number of carbonyl (C=O) groups is 1. The van der Waals surface area contributed by atoms with Crippen LogP contribution in [-0.2, 0) is 4.79 Å². The van der Waals surface area contributed by atoms with Crippen LogP contribution in [0.3, 0.4) is 0 Å². The van der Waals surface area contributed by atoms with Crippen LogP contribution in [0, 0.1) is 5.82 Å². The van der Waals surface area contributed by atoms with Gasteiger partial charge in [0, 0.05) is 10.9 Å². The maximum atomic E-state index is 13.4. The molecule has 1 rings (SSSR count). The zero-order chi connectivity index (χ0) is 12.8. The van der Waals surface area contributed by atoms with Gasteiger partial charge in [0.25, 0.3) is 0 Å². The average molecular weight is 305 g/mol. The Labute approximate surface area is 107 Å². The first-order valence-corrected chi connectivity index (χ1v) is 5.93. The van der Waals surface area contributed by atoms with E-state index in [9.17, 15) is 9.18 Å². The summed E-state index contributed by atoms with van der Waals surface area (Å²) in [7, 11) is 0. The van der Waals surface area contributed by atoms with Gasteiger partial charge in [0.1, 0.15) is 0 Å². The molecular weight excluding hydrogens is 291 g/mol. The van der Waals surface area contributed by atoms with Gasteiger partial charge in [0.05, 0.1) is 6.10 Å². The van der Waals surface area contributed by atoms with E-state index in [0.29, 0.717) is 10.9 Å². The van der Waals surface area contributed by atoms with Crippen LogP contribution in [0.1, 0.15) is 19.8 Å². The second-order valence-corrected chi connectivity index (χ2v) is 4.53. The van der Waals surface area contributed by atoms with E-state index in [1.807, 2.05) is 5.43 Å². The molecule has 0 heterocycles. The van der Waals surface area contributed by atoms with Crippen molar-refractivity contribution >= 4 is 21.8 Å². The number of hydrogen-bond donors (Lipinski definition) is 2. The third kappa shape index (κ3) is 4.70. The number of nitrogens with one attached hydrogen (secondary N) is 1. The molecule has 4 nitrogen and oxygen atoms in total. The predicted octanol–water partition coefficient (Wildman–Crippen LogP) is 2.13. The van der Waals surface area contributed by atoms with Gasteiger partial charge in [-0.3, -0.25) is 10.2 Å². The minimum Gasteiger partial charge on any atom is -0.488 e. The first kappa shape index (κ1) is 13.9. The molecule has 17 heavy (non-hydrogen) atoms. The van der Waals surface area contributed by atoms with Crippen LogP contribution in [0.4, 0.5) is 4.39 Å². The van der Waals surface area contributed by atoms with Crippen LogP contribution in [0.5, 0.6) is 5.75 Å². The molecule has 0 spiro atoms. The minimum atomic E-state index is -0.436. The summed E-state index contributed by atoms with van der Waals surface area (Å²) in [5.74, 6) is 4.42. The lowest BCUT2D eigenvalue weighted by molar-refractivity contribution is -0.121. The van der Waals surface area contributed by atoms with Crippen LogP contribution in [0.15, 0.2) is 22.7 Å². The molecule has 0 aliphatic heterocycles. The number of hydrogen-bond acceptors (Lipinski definition) is 3. The fourth-order valence-electron chi connectivity index (χ4n) is 1.25. The Morgan fingerprint density at radius 2 is 2.35 bits per heavy atom. The van der Waals surface area contributed by atoms with E-state index < -0.39 is 5.82 Å². The monoisotopic (exact) mass is 304 g/mol. The van der Waals surface area contributed by atoms with Gasteiger partial charge in [-0.15, -0.1) is 0 Å². The van der Waals surface area contributed by atoms with Gasteiger partial charge in [-0.05, 0) is 31.5 Å². The Balaban J connectivity index is 2.50. The van der Waals surface area contributed by atoms with Crippen LogP contribution in [0.25, 0.3) is 0 Å². The standard InChI is InChI=1S/C11H14BrFN2O2/c1-7(2-5-11(16)15-14)17-10-4-3-8(12)6-9(10)13/h3-4,6-7H,2,5,14H2,1H3,(H,15,16). The molecule has 0 fully saturated rings. The molecule has 1 amide bonds. The Bertz CT molecular complexity index is 401. The molecule has 1 aromatic carbocycles. The third-order valence-electron chi connectivity index (χ3n) is 2.16. The molecule has 1 atom stereocenters. The van der Waals surface area contributed by atoms with Crippen molar-refractivity contribution in [2.45, 2.75) is 25.9 Å². The second-order valence-electron chi connectivity index (χ2n) is 3.61. The molecular formula is C11H14BrFN2O2. The van der Waals surface area contributed by atoms with Crippen molar-refractivity contribution in [3.8, 4) is 5.75 Å². The fraction of sp³-hybridized carbons (Fsp3) is 0.364. The molecule has 0 aliphatic rings. The van der Waals surface area contributed by atoms with E-state index >= 15 is 0 Å². The zero-order valence-electron chi connectivity index (χ0n) is 9.37. The average Bonchev–Trinajstić information content (AvgIpc) is 2.29. The summed E-state index contributed by atoms with van der Waals surface area (Å²) in [4.78, 5) is 10.9. The zero-order valence-corrected chi connectivity index (χ0v) is 11.0. The molecule has 6 heteroatoms. The number of halogens is 2. The van der Waals surface area contributed by atoms with Crippen LogP contribution >= 0.6 is 15.9 Å². The maximum Gasteiger partial charge on any atom is 0.234 e. The van der Waals surface area contributed by atoms with Crippen LogP contribution in [-0.4, -0.2) is 12.0 Å². The smallest absolute Gasteiger partial charge is 0.234 e. The minimum absolute atomic E-state index is 0.175. The van der Waals surface area contributed by atoms with Gasteiger partial charge in [0.15, 0.2) is 11.6 Å². The Hall–Kier alpha value is -1.14. The Kier molecular flexibility index (Phi) is 5.37. The Morgan fingerprint density at radius 3 is 2.94 bits per heavy atom. The number of benzene rings is 1. The van der Waals surface area contributed by atoms with Gasteiger partial charge in [-0.25, -0.2) is 10.2 Å². The molecule has 0 bridgehead atoms. The third-order valence-corrected chi connectivity index (χ3v) is 2.65. The number of ether oxygens (including phenoxy) is 1. The molecule has 0 saturated carbocycles. The normalized spacial score (nSPS) is 12.0.